The molecule has 3 fully saturated rings. The van der Waals surface area contributed by atoms with Crippen molar-refractivity contribution in [3.05, 3.63) is 194 Å². The Kier molecular flexibility index (Phi) is 20.1. The van der Waals surface area contributed by atoms with E-state index < -0.39 is 0 Å². The lowest BCUT2D eigenvalue weighted by Crippen LogP contribution is -2.29. The number of benzene rings is 6. The average molecular weight is 987 g/mol. The van der Waals surface area contributed by atoms with Crippen LogP contribution >= 0.6 is 34.8 Å². The quantitative estimate of drug-likeness (QED) is 0.0685. The summed E-state index contributed by atoms with van der Waals surface area (Å²) >= 11 is 17.5. The van der Waals surface area contributed by atoms with Crippen molar-refractivity contribution in [2.45, 2.75) is 63.7 Å². The number of halogens is 3. The van der Waals surface area contributed by atoms with E-state index in [1.807, 2.05) is 36.4 Å². The van der Waals surface area contributed by atoms with Gasteiger partial charge in [-0.25, -0.2) is 0 Å². The van der Waals surface area contributed by atoms with Gasteiger partial charge in [0.15, 0.2) is 0 Å². The van der Waals surface area contributed by atoms with Crippen molar-refractivity contribution in [1.82, 2.24) is 16.0 Å². The van der Waals surface area contributed by atoms with E-state index in [0.29, 0.717) is 37.7 Å². The predicted octanol–water partition coefficient (Wildman–Crippen LogP) is 12.7. The van der Waals surface area contributed by atoms with Gasteiger partial charge in [0, 0.05) is 55.4 Å². The van der Waals surface area contributed by atoms with E-state index in [-0.39, 0.29) is 17.7 Å². The zero-order valence-corrected chi connectivity index (χ0v) is 41.3. The molecule has 0 aromatic heterocycles. The minimum Gasteiger partial charge on any atom is -0.322 e. The molecule has 3 atom stereocenters. The molecule has 3 aliphatic heterocycles. The van der Waals surface area contributed by atoms with E-state index in [2.05, 4.69) is 68.3 Å². The Bertz CT molecular complexity index is 2500. The zero-order valence-electron chi connectivity index (χ0n) is 39.1. The maximum atomic E-state index is 12.2. The lowest BCUT2D eigenvalue weighted by Gasteiger charge is -2.23. The second-order valence-electron chi connectivity index (χ2n) is 18.1. The molecule has 3 heterocycles. The molecule has 360 valence electrons. The highest BCUT2D eigenvalue weighted by Crippen LogP contribution is 2.25. The molecular weight excluding hydrogens is 923 g/mol. The van der Waals surface area contributed by atoms with Crippen LogP contribution in [0.2, 0.25) is 15.1 Å². The van der Waals surface area contributed by atoms with Crippen LogP contribution in [0.4, 0.5) is 17.1 Å². The van der Waals surface area contributed by atoms with Crippen LogP contribution in [0.3, 0.4) is 0 Å². The average Bonchev–Trinajstić information content (AvgIpc) is 3.92. The van der Waals surface area contributed by atoms with Crippen molar-refractivity contribution in [2.24, 2.45) is 11.8 Å². The summed E-state index contributed by atoms with van der Waals surface area (Å²) in [6.45, 7) is 6.77. The molecule has 2 unspecified atom stereocenters. The van der Waals surface area contributed by atoms with Crippen molar-refractivity contribution in [2.75, 3.05) is 55.2 Å². The molecule has 6 aromatic carbocycles. The molecule has 0 radical (unpaired) electrons. The Balaban J connectivity index is 0.000000153. The van der Waals surface area contributed by atoms with E-state index in [1.54, 1.807) is 72.8 Å². The van der Waals surface area contributed by atoms with Crippen molar-refractivity contribution in [1.29, 1.82) is 0 Å². The van der Waals surface area contributed by atoms with Crippen molar-refractivity contribution in [3.8, 4) is 0 Å². The lowest BCUT2D eigenvalue weighted by atomic mass is 9.91. The normalized spacial score (nSPS) is 17.5. The molecule has 0 bridgehead atoms. The number of piperidine rings is 2. The molecule has 9 nitrogen and oxygen atoms in total. The highest BCUT2D eigenvalue weighted by molar-refractivity contribution is 6.31. The third kappa shape index (κ3) is 17.1. The Morgan fingerprint density at radius 3 is 1.14 bits per heavy atom. The molecule has 3 saturated heterocycles. The van der Waals surface area contributed by atoms with Gasteiger partial charge in [-0.05, 0) is 234 Å². The van der Waals surface area contributed by atoms with E-state index in [1.165, 1.54) is 68.2 Å². The number of rotatable bonds is 13. The summed E-state index contributed by atoms with van der Waals surface area (Å²) in [5.41, 5.74) is 8.23. The summed E-state index contributed by atoms with van der Waals surface area (Å²) in [5, 5.41) is 20.9. The van der Waals surface area contributed by atoms with Gasteiger partial charge in [0.05, 0.1) is 0 Å². The van der Waals surface area contributed by atoms with Gasteiger partial charge in [-0.15, -0.1) is 0 Å². The first-order valence-corrected chi connectivity index (χ1v) is 25.4. The monoisotopic (exact) mass is 984 g/mol. The standard InChI is InChI=1S/C20H23ClN2O.C19H21ClN2O.C18H19ClN2O/c21-18-9-7-17(8-10-18)20(24)23-19-11-5-15(6-12-19)3-4-16-2-1-13-22-14-16;20-17-7-5-16(6-8-17)19(23)22-18-9-3-14(4-10-18)1-2-15-11-12-21-13-15;19-16-7-3-14(4-8-16)18(22)21-17-9-5-13(6-10-17)15-2-1-11-20-12-15/h5-12,16,22H,1-4,13-14H2,(H,23,24);3-10,15,21H,1-2,11-13H2,(H,22,23);3-10,15,20H,1-2,11-12H2,(H,21,22)/t;;15-/m..0/s1. The highest BCUT2D eigenvalue weighted by atomic mass is 35.5. The second kappa shape index (κ2) is 27.0. The molecule has 12 heteroatoms. The molecule has 0 saturated carbocycles. The van der Waals surface area contributed by atoms with Crippen molar-refractivity contribution in [3.63, 3.8) is 0 Å². The van der Waals surface area contributed by atoms with Crippen LogP contribution in [0, 0.1) is 11.8 Å². The summed E-state index contributed by atoms with van der Waals surface area (Å²) in [6.07, 6.45) is 11.0. The van der Waals surface area contributed by atoms with Crippen LogP contribution in [0.15, 0.2) is 146 Å². The fourth-order valence-electron chi connectivity index (χ4n) is 8.77. The van der Waals surface area contributed by atoms with Crippen LogP contribution in [-0.2, 0) is 12.8 Å². The topological polar surface area (TPSA) is 123 Å². The first kappa shape index (κ1) is 51.3. The molecule has 6 N–H and O–H groups in total. The number of anilines is 3. The number of carbonyl (C=O) groups excluding carboxylic acids is 3. The number of hydrogen-bond acceptors (Lipinski definition) is 6. The summed E-state index contributed by atoms with van der Waals surface area (Å²) in [5.74, 6) is 1.82. The number of carbonyl (C=O) groups is 3. The maximum Gasteiger partial charge on any atom is 0.255 e. The molecule has 6 aromatic rings. The highest BCUT2D eigenvalue weighted by Gasteiger charge is 2.17. The lowest BCUT2D eigenvalue weighted by molar-refractivity contribution is 0.101. The number of amides is 3. The first-order valence-electron chi connectivity index (χ1n) is 24.2. The van der Waals surface area contributed by atoms with E-state index in [4.69, 9.17) is 34.8 Å². The molecular formula is C57H63Cl3N6O3. The molecule has 9 rings (SSSR count). The minimum absolute atomic E-state index is 0.118. The zero-order chi connectivity index (χ0) is 48.2. The van der Waals surface area contributed by atoms with Crippen LogP contribution in [-0.4, -0.2) is 57.0 Å². The summed E-state index contributed by atoms with van der Waals surface area (Å²) < 4.78 is 0. The van der Waals surface area contributed by atoms with Gasteiger partial charge in [0.25, 0.3) is 17.7 Å². The Labute approximate surface area is 422 Å². The molecule has 3 aliphatic rings. The summed E-state index contributed by atoms with van der Waals surface area (Å²) in [6, 6.07) is 45.1. The van der Waals surface area contributed by atoms with E-state index in [9.17, 15) is 14.4 Å². The van der Waals surface area contributed by atoms with Crippen molar-refractivity contribution < 1.29 is 14.4 Å². The van der Waals surface area contributed by atoms with Gasteiger partial charge < -0.3 is 31.9 Å². The number of nitrogens with one attached hydrogen (secondary N) is 6. The van der Waals surface area contributed by atoms with E-state index in [0.717, 1.165) is 74.5 Å². The minimum atomic E-state index is -0.122. The third-order valence-electron chi connectivity index (χ3n) is 12.9. The smallest absolute Gasteiger partial charge is 0.255 e. The van der Waals surface area contributed by atoms with Crippen molar-refractivity contribution >= 4 is 69.6 Å². The van der Waals surface area contributed by atoms with Crippen LogP contribution in [0.5, 0.6) is 0 Å². The predicted molar refractivity (Wildman–Crippen MR) is 286 cm³/mol. The van der Waals surface area contributed by atoms with Gasteiger partial charge in [-0.1, -0.05) is 71.2 Å². The Morgan fingerprint density at radius 1 is 0.420 bits per heavy atom. The van der Waals surface area contributed by atoms with Crippen LogP contribution < -0.4 is 31.9 Å². The fraction of sp³-hybridized carbons (Fsp3) is 0.316. The second-order valence-corrected chi connectivity index (χ2v) is 19.4. The van der Waals surface area contributed by atoms with Gasteiger partial charge in [0.1, 0.15) is 0 Å². The first-order chi connectivity index (χ1) is 33.6. The summed E-state index contributed by atoms with van der Waals surface area (Å²) in [4.78, 5) is 36.5. The van der Waals surface area contributed by atoms with Gasteiger partial charge in [-0.3, -0.25) is 14.4 Å². The largest absolute Gasteiger partial charge is 0.322 e. The van der Waals surface area contributed by atoms with Crippen LogP contribution in [0.25, 0.3) is 0 Å². The fourth-order valence-corrected chi connectivity index (χ4v) is 9.15. The van der Waals surface area contributed by atoms with E-state index >= 15 is 0 Å². The summed E-state index contributed by atoms with van der Waals surface area (Å²) in [7, 11) is 0. The number of hydrogen-bond donors (Lipinski definition) is 6. The van der Waals surface area contributed by atoms with Crippen LogP contribution in [0.1, 0.15) is 98.6 Å². The van der Waals surface area contributed by atoms with Gasteiger partial charge in [-0.2, -0.15) is 0 Å². The molecule has 69 heavy (non-hydrogen) atoms. The van der Waals surface area contributed by atoms with Gasteiger partial charge in [0.2, 0.25) is 0 Å². The Hall–Kier alpha value is -5.52. The Morgan fingerprint density at radius 2 is 0.783 bits per heavy atom. The molecule has 0 aliphatic carbocycles. The number of aryl methyl sites for hydroxylation is 2. The SMILES string of the molecule is O=C(Nc1ccc(CCC2CCCNC2)cc1)c1ccc(Cl)cc1.O=C(Nc1ccc(CCC2CCNC2)cc1)c1ccc(Cl)cc1.O=C(Nc1ccc([C@H]2CCCNC2)cc1)c1ccc(Cl)cc1. The molecule has 0 spiro atoms. The third-order valence-corrected chi connectivity index (χ3v) is 13.7. The molecule has 3 amide bonds. The van der Waals surface area contributed by atoms with Gasteiger partial charge >= 0.3 is 0 Å². The maximum absolute atomic E-state index is 12.2.